The van der Waals surface area contributed by atoms with E-state index in [9.17, 15) is 19.2 Å². The minimum absolute atomic E-state index is 0.0327. The summed E-state index contributed by atoms with van der Waals surface area (Å²) in [6, 6.07) is -0.560. The lowest BCUT2D eigenvalue weighted by Gasteiger charge is -2.29. The molecule has 2 fully saturated rings. The minimum Gasteiger partial charge on any atom is -0.464 e. The van der Waals surface area contributed by atoms with E-state index in [0.717, 1.165) is 32.1 Å². The van der Waals surface area contributed by atoms with Gasteiger partial charge < -0.3 is 9.64 Å². The highest BCUT2D eigenvalue weighted by Crippen LogP contribution is 2.20. The van der Waals surface area contributed by atoms with E-state index in [2.05, 4.69) is 6.92 Å². The number of rotatable bonds is 15. The first-order valence-corrected chi connectivity index (χ1v) is 12.8. The van der Waals surface area contributed by atoms with Gasteiger partial charge in [0.25, 0.3) is 0 Å². The summed E-state index contributed by atoms with van der Waals surface area (Å²) >= 11 is 0. The van der Waals surface area contributed by atoms with Crippen molar-refractivity contribution in [2.75, 3.05) is 19.7 Å². The molecule has 32 heavy (non-hydrogen) atoms. The van der Waals surface area contributed by atoms with Crippen LogP contribution in [0.5, 0.6) is 0 Å². The highest BCUT2D eigenvalue weighted by Gasteiger charge is 2.32. The van der Waals surface area contributed by atoms with Crippen molar-refractivity contribution >= 4 is 23.7 Å². The van der Waals surface area contributed by atoms with E-state index >= 15 is 0 Å². The Kier molecular flexibility index (Phi) is 12.4. The van der Waals surface area contributed by atoms with Crippen molar-refractivity contribution in [3.63, 3.8) is 0 Å². The maximum atomic E-state index is 12.9. The van der Waals surface area contributed by atoms with Gasteiger partial charge in [-0.2, -0.15) is 0 Å². The van der Waals surface area contributed by atoms with Crippen molar-refractivity contribution in [2.24, 2.45) is 0 Å². The van der Waals surface area contributed by atoms with Crippen LogP contribution in [0.4, 0.5) is 0 Å². The van der Waals surface area contributed by atoms with Crippen LogP contribution in [0, 0.1) is 0 Å². The molecule has 2 rings (SSSR count). The third kappa shape index (κ3) is 8.91. The molecule has 2 aliphatic heterocycles. The van der Waals surface area contributed by atoms with Gasteiger partial charge >= 0.3 is 5.97 Å². The summed E-state index contributed by atoms with van der Waals surface area (Å²) in [5.74, 6) is -0.489. The molecule has 3 amide bonds. The van der Waals surface area contributed by atoms with Gasteiger partial charge in [-0.15, -0.1) is 0 Å². The summed E-state index contributed by atoms with van der Waals surface area (Å²) in [6.07, 6.45) is 13.8. The van der Waals surface area contributed by atoms with E-state index < -0.39 is 6.04 Å². The fourth-order valence-electron chi connectivity index (χ4n) is 4.54. The molecular formula is C25H42N2O5. The lowest BCUT2D eigenvalue weighted by atomic mass is 10.1. The average Bonchev–Trinajstić information content (AvgIpc) is 2.96. The Morgan fingerprint density at radius 1 is 0.812 bits per heavy atom. The van der Waals surface area contributed by atoms with Gasteiger partial charge in [-0.25, -0.2) is 4.79 Å². The van der Waals surface area contributed by atoms with E-state index in [1.807, 2.05) is 0 Å². The maximum Gasteiger partial charge on any atom is 0.328 e. The van der Waals surface area contributed by atoms with Crippen LogP contribution in [-0.4, -0.2) is 59.2 Å². The standard InChI is InChI=1S/C25H42N2O5/c1-2-3-4-5-6-7-13-20-32-25(31)21(26-18-11-8-9-15-22(26)28)14-10-12-19-27-23(29)16-17-24(27)30/h21H,2-20H2,1H3. The van der Waals surface area contributed by atoms with Crippen molar-refractivity contribution in [1.82, 2.24) is 9.80 Å². The van der Waals surface area contributed by atoms with E-state index in [1.165, 1.54) is 37.0 Å². The Morgan fingerprint density at radius 3 is 2.22 bits per heavy atom. The molecule has 0 aromatic heterocycles. The van der Waals surface area contributed by atoms with Gasteiger partial charge in [-0.1, -0.05) is 51.9 Å². The van der Waals surface area contributed by atoms with E-state index in [4.69, 9.17) is 4.74 Å². The molecule has 0 spiro atoms. The van der Waals surface area contributed by atoms with Crippen molar-refractivity contribution < 1.29 is 23.9 Å². The zero-order valence-electron chi connectivity index (χ0n) is 19.9. The van der Waals surface area contributed by atoms with Crippen molar-refractivity contribution in [1.29, 1.82) is 0 Å². The number of imide groups is 1. The van der Waals surface area contributed by atoms with Gasteiger partial charge in [0.2, 0.25) is 17.7 Å². The molecule has 2 heterocycles. The summed E-state index contributed by atoms with van der Waals surface area (Å²) < 4.78 is 5.59. The Balaban J connectivity index is 1.79. The van der Waals surface area contributed by atoms with Gasteiger partial charge in [0.1, 0.15) is 6.04 Å². The van der Waals surface area contributed by atoms with Crippen LogP contribution in [0.1, 0.15) is 110 Å². The summed E-state index contributed by atoms with van der Waals surface area (Å²) in [5, 5.41) is 0. The molecule has 0 aromatic carbocycles. The molecule has 0 N–H and O–H groups in total. The van der Waals surface area contributed by atoms with E-state index in [-0.39, 0.29) is 23.7 Å². The van der Waals surface area contributed by atoms with Gasteiger partial charge in [-0.05, 0) is 38.5 Å². The maximum absolute atomic E-state index is 12.9. The molecule has 182 valence electrons. The zero-order valence-corrected chi connectivity index (χ0v) is 19.9. The van der Waals surface area contributed by atoms with Crippen LogP contribution in [0.3, 0.4) is 0 Å². The predicted octanol–water partition coefficient (Wildman–Crippen LogP) is 4.37. The molecule has 0 aromatic rings. The second-order valence-electron chi connectivity index (χ2n) is 9.14. The van der Waals surface area contributed by atoms with Crippen molar-refractivity contribution in [3.8, 4) is 0 Å². The topological polar surface area (TPSA) is 84.0 Å². The number of carbonyl (C=O) groups is 4. The molecule has 2 aliphatic rings. The second kappa shape index (κ2) is 15.0. The number of ether oxygens (including phenoxy) is 1. The molecule has 7 nitrogen and oxygen atoms in total. The number of likely N-dealkylation sites (tertiary alicyclic amines) is 2. The molecule has 7 heteroatoms. The van der Waals surface area contributed by atoms with E-state index in [0.29, 0.717) is 58.2 Å². The van der Waals surface area contributed by atoms with Gasteiger partial charge in [0.15, 0.2) is 0 Å². The molecule has 0 saturated carbocycles. The van der Waals surface area contributed by atoms with Gasteiger partial charge in [-0.3, -0.25) is 19.3 Å². The van der Waals surface area contributed by atoms with E-state index in [1.54, 1.807) is 4.90 Å². The van der Waals surface area contributed by atoms with Crippen LogP contribution in [-0.2, 0) is 23.9 Å². The first-order chi connectivity index (χ1) is 15.5. The number of carbonyl (C=O) groups excluding carboxylic acids is 4. The molecule has 1 atom stereocenters. The predicted molar refractivity (Wildman–Crippen MR) is 123 cm³/mol. The summed E-state index contributed by atoms with van der Waals surface area (Å²) in [7, 11) is 0. The van der Waals surface area contributed by atoms with Crippen LogP contribution in [0.15, 0.2) is 0 Å². The van der Waals surface area contributed by atoms with Crippen LogP contribution in [0.2, 0.25) is 0 Å². The van der Waals surface area contributed by atoms with Crippen LogP contribution >= 0.6 is 0 Å². The Bertz CT molecular complexity index is 605. The molecule has 0 radical (unpaired) electrons. The number of esters is 1. The molecule has 1 unspecified atom stereocenters. The first-order valence-electron chi connectivity index (χ1n) is 12.8. The summed E-state index contributed by atoms with van der Waals surface area (Å²) in [4.78, 5) is 52.1. The SMILES string of the molecule is CCCCCCCCCOC(=O)C(CCCCN1C(=O)CCC1=O)N1CCCCCC1=O. The molecule has 0 bridgehead atoms. The number of amides is 3. The zero-order chi connectivity index (χ0) is 23.2. The monoisotopic (exact) mass is 450 g/mol. The Labute approximate surface area is 193 Å². The average molecular weight is 451 g/mol. The highest BCUT2D eigenvalue weighted by molar-refractivity contribution is 6.01. The Morgan fingerprint density at radius 2 is 1.50 bits per heavy atom. The van der Waals surface area contributed by atoms with Gasteiger partial charge in [0.05, 0.1) is 6.61 Å². The lowest BCUT2D eigenvalue weighted by molar-refractivity contribution is -0.155. The quantitative estimate of drug-likeness (QED) is 0.210. The van der Waals surface area contributed by atoms with Crippen LogP contribution < -0.4 is 0 Å². The fraction of sp³-hybridized carbons (Fsp3) is 0.840. The second-order valence-corrected chi connectivity index (χ2v) is 9.14. The molecular weight excluding hydrogens is 408 g/mol. The highest BCUT2D eigenvalue weighted by atomic mass is 16.5. The summed E-state index contributed by atoms with van der Waals surface area (Å²) in [6.45, 7) is 3.60. The van der Waals surface area contributed by atoms with Crippen LogP contribution in [0.25, 0.3) is 0 Å². The van der Waals surface area contributed by atoms with Crippen molar-refractivity contribution in [2.45, 2.75) is 116 Å². The van der Waals surface area contributed by atoms with Gasteiger partial charge in [0, 0.05) is 32.4 Å². The first kappa shape index (κ1) is 26.3. The molecule has 2 saturated heterocycles. The number of hydrogen-bond acceptors (Lipinski definition) is 5. The third-order valence-corrected chi connectivity index (χ3v) is 6.51. The summed E-state index contributed by atoms with van der Waals surface area (Å²) in [5.41, 5.74) is 0. The smallest absolute Gasteiger partial charge is 0.328 e. The lowest BCUT2D eigenvalue weighted by Crippen LogP contribution is -2.45. The largest absolute Gasteiger partial charge is 0.464 e. The number of hydrogen-bond donors (Lipinski definition) is 0. The number of unbranched alkanes of at least 4 members (excludes halogenated alkanes) is 7. The Hall–Kier alpha value is -1.92. The van der Waals surface area contributed by atoms with Crippen molar-refractivity contribution in [3.05, 3.63) is 0 Å². The fourth-order valence-corrected chi connectivity index (χ4v) is 4.54. The molecule has 0 aliphatic carbocycles. The minimum atomic E-state index is -0.560. The third-order valence-electron chi connectivity index (χ3n) is 6.51. The normalized spacial score (nSPS) is 18.2. The number of nitrogens with zero attached hydrogens (tertiary/aromatic N) is 2.